The van der Waals surface area contributed by atoms with E-state index in [1.165, 1.54) is 4.90 Å². The summed E-state index contributed by atoms with van der Waals surface area (Å²) < 4.78 is 11.0. The number of aliphatic hydroxyl groups is 1. The van der Waals surface area contributed by atoms with E-state index in [0.717, 1.165) is 18.4 Å². The number of ketones is 1. The van der Waals surface area contributed by atoms with Crippen LogP contribution in [-0.2, 0) is 9.59 Å². The first-order valence-corrected chi connectivity index (χ1v) is 11.2. The van der Waals surface area contributed by atoms with Crippen LogP contribution in [0.3, 0.4) is 0 Å². The van der Waals surface area contributed by atoms with Gasteiger partial charge in [-0.15, -0.1) is 0 Å². The molecule has 1 N–H and O–H groups in total. The van der Waals surface area contributed by atoms with Crippen LogP contribution in [0.1, 0.15) is 36.9 Å². The highest BCUT2D eigenvalue weighted by Gasteiger charge is 2.46. The van der Waals surface area contributed by atoms with Gasteiger partial charge in [0.2, 0.25) is 0 Å². The minimum Gasteiger partial charge on any atom is -0.507 e. The maximum atomic E-state index is 13.1. The van der Waals surface area contributed by atoms with Crippen LogP contribution in [0.25, 0.3) is 5.76 Å². The molecule has 0 aliphatic carbocycles. The maximum absolute atomic E-state index is 13.1. The molecule has 1 unspecified atom stereocenters. The summed E-state index contributed by atoms with van der Waals surface area (Å²) in [4.78, 5) is 29.6. The van der Waals surface area contributed by atoms with Gasteiger partial charge < -0.3 is 24.4 Å². The van der Waals surface area contributed by atoms with Crippen molar-refractivity contribution < 1.29 is 24.2 Å². The van der Waals surface area contributed by atoms with Crippen LogP contribution in [0, 0.1) is 0 Å². The summed E-state index contributed by atoms with van der Waals surface area (Å²) in [7, 11) is 5.37. The number of carbonyl (C=O) groups is 2. The van der Waals surface area contributed by atoms with Crippen LogP contribution in [0.2, 0.25) is 0 Å². The van der Waals surface area contributed by atoms with Crippen molar-refractivity contribution in [3.63, 3.8) is 0 Å². The SMILES string of the molecule is CCCCOc1cccc(C2C(=C(O)c3ccc(OC)cc3)C(=O)C(=O)N2CCN(C)C)c1. The fourth-order valence-electron chi connectivity index (χ4n) is 3.78. The van der Waals surface area contributed by atoms with Crippen LogP contribution < -0.4 is 9.47 Å². The summed E-state index contributed by atoms with van der Waals surface area (Å²) in [5.41, 5.74) is 1.24. The van der Waals surface area contributed by atoms with Gasteiger partial charge in [0, 0.05) is 18.7 Å². The molecular formula is C26H32N2O5. The maximum Gasteiger partial charge on any atom is 0.295 e. The lowest BCUT2D eigenvalue weighted by molar-refractivity contribution is -0.140. The topological polar surface area (TPSA) is 79.3 Å². The van der Waals surface area contributed by atoms with E-state index in [4.69, 9.17) is 9.47 Å². The van der Waals surface area contributed by atoms with E-state index in [-0.39, 0.29) is 11.3 Å². The van der Waals surface area contributed by atoms with Crippen molar-refractivity contribution in [2.75, 3.05) is 40.9 Å². The fourth-order valence-corrected chi connectivity index (χ4v) is 3.78. The molecule has 7 nitrogen and oxygen atoms in total. The Labute approximate surface area is 195 Å². The molecule has 0 radical (unpaired) electrons. The monoisotopic (exact) mass is 452 g/mol. The first-order valence-electron chi connectivity index (χ1n) is 11.2. The number of methoxy groups -OCH3 is 1. The highest BCUT2D eigenvalue weighted by molar-refractivity contribution is 6.46. The second-order valence-corrected chi connectivity index (χ2v) is 8.30. The molecule has 0 aromatic heterocycles. The van der Waals surface area contributed by atoms with E-state index in [1.54, 1.807) is 31.4 Å². The van der Waals surface area contributed by atoms with Crippen LogP contribution in [0.15, 0.2) is 54.1 Å². The Hall–Kier alpha value is -3.32. The molecule has 0 bridgehead atoms. The molecule has 3 rings (SSSR count). The number of hydrogen-bond acceptors (Lipinski definition) is 6. The largest absolute Gasteiger partial charge is 0.507 e. The molecule has 2 aromatic carbocycles. The van der Waals surface area contributed by atoms with Gasteiger partial charge in [0.25, 0.3) is 11.7 Å². The molecule has 1 saturated heterocycles. The zero-order chi connectivity index (χ0) is 24.0. The number of carbonyl (C=O) groups excluding carboxylic acids is 2. The zero-order valence-electron chi connectivity index (χ0n) is 19.7. The molecule has 7 heteroatoms. The number of Topliss-reactive ketones (excluding diaryl/α,β-unsaturated/α-hetero) is 1. The normalized spacial score (nSPS) is 17.6. The number of ether oxygens (including phenoxy) is 2. The number of unbranched alkanes of at least 4 members (excludes halogenated alkanes) is 1. The summed E-state index contributed by atoms with van der Waals surface area (Å²) >= 11 is 0. The van der Waals surface area contributed by atoms with Crippen LogP contribution in [0.5, 0.6) is 11.5 Å². The number of likely N-dealkylation sites (N-methyl/N-ethyl adjacent to an activating group) is 1. The third kappa shape index (κ3) is 5.54. The third-order valence-corrected chi connectivity index (χ3v) is 5.63. The molecule has 0 spiro atoms. The standard InChI is InChI=1S/C26H32N2O5/c1-5-6-16-33-21-9-7-8-19(17-21)23-22(24(29)18-10-12-20(32-4)13-11-18)25(30)26(31)28(23)15-14-27(2)3/h7-13,17,23,29H,5-6,14-16H2,1-4H3. The molecule has 1 aliphatic heterocycles. The molecule has 1 aliphatic rings. The van der Waals surface area contributed by atoms with Crippen LogP contribution >= 0.6 is 0 Å². The summed E-state index contributed by atoms with van der Waals surface area (Å²) in [6.45, 7) is 3.62. The minimum atomic E-state index is -0.707. The molecule has 33 heavy (non-hydrogen) atoms. The van der Waals surface area contributed by atoms with Gasteiger partial charge in [0.05, 0.1) is 25.3 Å². The van der Waals surface area contributed by atoms with E-state index >= 15 is 0 Å². The van der Waals surface area contributed by atoms with Crippen molar-refractivity contribution in [2.24, 2.45) is 0 Å². The Balaban J connectivity index is 2.07. The van der Waals surface area contributed by atoms with Crippen molar-refractivity contribution in [2.45, 2.75) is 25.8 Å². The van der Waals surface area contributed by atoms with Crippen LogP contribution in [-0.4, -0.2) is 67.5 Å². The Kier molecular flexibility index (Phi) is 8.11. The summed E-state index contributed by atoms with van der Waals surface area (Å²) in [6, 6.07) is 13.4. The predicted molar refractivity (Wildman–Crippen MR) is 127 cm³/mol. The zero-order valence-corrected chi connectivity index (χ0v) is 19.7. The Morgan fingerprint density at radius 3 is 2.45 bits per heavy atom. The molecular weight excluding hydrogens is 420 g/mol. The van der Waals surface area contributed by atoms with Crippen molar-refractivity contribution in [3.8, 4) is 11.5 Å². The van der Waals surface area contributed by atoms with Gasteiger partial charge in [-0.25, -0.2) is 0 Å². The fraction of sp³-hybridized carbons (Fsp3) is 0.385. The van der Waals surface area contributed by atoms with Gasteiger partial charge in [-0.2, -0.15) is 0 Å². The number of aliphatic hydroxyl groups excluding tert-OH is 1. The number of nitrogens with zero attached hydrogens (tertiary/aromatic N) is 2. The van der Waals surface area contributed by atoms with E-state index in [9.17, 15) is 14.7 Å². The van der Waals surface area contributed by atoms with E-state index in [2.05, 4.69) is 6.92 Å². The molecule has 1 amide bonds. The van der Waals surface area contributed by atoms with E-state index in [0.29, 0.717) is 36.8 Å². The molecule has 1 heterocycles. The summed E-state index contributed by atoms with van der Waals surface area (Å²) in [6.07, 6.45) is 1.95. The van der Waals surface area contributed by atoms with Crippen molar-refractivity contribution in [1.29, 1.82) is 0 Å². The lowest BCUT2D eigenvalue weighted by Gasteiger charge is -2.27. The number of benzene rings is 2. The highest BCUT2D eigenvalue weighted by Crippen LogP contribution is 2.40. The average molecular weight is 453 g/mol. The van der Waals surface area contributed by atoms with Gasteiger partial charge in [-0.3, -0.25) is 9.59 Å². The quantitative estimate of drug-likeness (QED) is 0.255. The molecule has 1 atom stereocenters. The van der Waals surface area contributed by atoms with Crippen molar-refractivity contribution in [3.05, 3.63) is 65.2 Å². The lowest BCUT2D eigenvalue weighted by Crippen LogP contribution is -2.35. The lowest BCUT2D eigenvalue weighted by atomic mass is 9.95. The highest BCUT2D eigenvalue weighted by atomic mass is 16.5. The number of amides is 1. The molecule has 2 aromatic rings. The van der Waals surface area contributed by atoms with E-state index in [1.807, 2.05) is 43.3 Å². The van der Waals surface area contributed by atoms with E-state index < -0.39 is 17.7 Å². The Bertz CT molecular complexity index is 1010. The molecule has 1 fully saturated rings. The second kappa shape index (κ2) is 11.0. The van der Waals surface area contributed by atoms with Gasteiger partial charge in [0.15, 0.2) is 0 Å². The predicted octanol–water partition coefficient (Wildman–Crippen LogP) is 3.86. The summed E-state index contributed by atoms with van der Waals surface area (Å²) in [5.74, 6) is -0.209. The average Bonchev–Trinajstić information content (AvgIpc) is 3.07. The van der Waals surface area contributed by atoms with Gasteiger partial charge >= 0.3 is 0 Å². The molecule has 0 saturated carbocycles. The van der Waals surface area contributed by atoms with Crippen molar-refractivity contribution >= 4 is 17.4 Å². The first kappa shape index (κ1) is 24.3. The molecule has 176 valence electrons. The van der Waals surface area contributed by atoms with Gasteiger partial charge in [0.1, 0.15) is 17.3 Å². The Morgan fingerprint density at radius 2 is 1.82 bits per heavy atom. The first-order chi connectivity index (χ1) is 15.9. The third-order valence-electron chi connectivity index (χ3n) is 5.63. The second-order valence-electron chi connectivity index (χ2n) is 8.30. The number of hydrogen-bond donors (Lipinski definition) is 1. The minimum absolute atomic E-state index is 0.0784. The van der Waals surface area contributed by atoms with Gasteiger partial charge in [-0.05, 0) is 62.5 Å². The van der Waals surface area contributed by atoms with Crippen molar-refractivity contribution in [1.82, 2.24) is 9.80 Å². The number of likely N-dealkylation sites (tertiary alicyclic amines) is 1. The number of rotatable bonds is 10. The Morgan fingerprint density at radius 1 is 1.09 bits per heavy atom. The summed E-state index contributed by atoms with van der Waals surface area (Å²) in [5, 5.41) is 11.1. The smallest absolute Gasteiger partial charge is 0.295 e. The van der Waals surface area contributed by atoms with Crippen LogP contribution in [0.4, 0.5) is 0 Å². The van der Waals surface area contributed by atoms with Gasteiger partial charge in [-0.1, -0.05) is 25.5 Å².